The van der Waals surface area contributed by atoms with Gasteiger partial charge in [0.15, 0.2) is 11.5 Å². The van der Waals surface area contributed by atoms with E-state index in [0.717, 1.165) is 16.7 Å². The minimum atomic E-state index is -0.621. The molecule has 1 N–H and O–H groups in total. The highest BCUT2D eigenvalue weighted by molar-refractivity contribution is 9.10. The Morgan fingerprint density at radius 1 is 1.19 bits per heavy atom. The maximum absolute atomic E-state index is 12.9. The number of anilines is 1. The van der Waals surface area contributed by atoms with Crippen molar-refractivity contribution in [1.29, 1.82) is 0 Å². The second-order valence-corrected chi connectivity index (χ2v) is 9.87. The van der Waals surface area contributed by atoms with Gasteiger partial charge in [-0.25, -0.2) is 4.79 Å². The lowest BCUT2D eigenvalue weighted by molar-refractivity contribution is -0.127. The number of rotatable bonds is 10. The van der Waals surface area contributed by atoms with Gasteiger partial charge in [-0.3, -0.25) is 19.3 Å². The van der Waals surface area contributed by atoms with Crippen LogP contribution in [0.1, 0.15) is 36.2 Å². The van der Waals surface area contributed by atoms with Gasteiger partial charge in [-0.1, -0.05) is 18.5 Å². The molecule has 0 aliphatic carbocycles. The van der Waals surface area contributed by atoms with Crippen molar-refractivity contribution < 1.29 is 33.4 Å². The number of carbonyl (C=O) groups is 4. The number of esters is 1. The third-order valence-electron chi connectivity index (χ3n) is 4.92. The molecule has 0 bridgehead atoms. The van der Waals surface area contributed by atoms with Crippen LogP contribution in [-0.2, 0) is 14.3 Å². The van der Waals surface area contributed by atoms with Gasteiger partial charge in [-0.2, -0.15) is 0 Å². The number of amides is 3. The summed E-state index contributed by atoms with van der Waals surface area (Å²) < 4.78 is 16.7. The van der Waals surface area contributed by atoms with Crippen LogP contribution in [-0.4, -0.2) is 54.8 Å². The quantitative estimate of drug-likeness (QED) is 0.267. The van der Waals surface area contributed by atoms with Gasteiger partial charge in [0, 0.05) is 5.69 Å². The number of hydrogen-bond donors (Lipinski definition) is 1. The second-order valence-electron chi connectivity index (χ2n) is 7.61. The molecule has 196 valence electrons. The van der Waals surface area contributed by atoms with Crippen LogP contribution in [0.15, 0.2) is 39.7 Å². The molecular weight excluding hydrogens is 588 g/mol. The minimum Gasteiger partial charge on any atom is -0.492 e. The molecule has 3 rings (SSSR count). The third-order valence-corrected chi connectivity index (χ3v) is 6.74. The standard InChI is InChI=1S/C25H24BrClN2O7S/c1-4-8-36-24(32)16-12-15(6-7-18(16)27)28-21(30)13-29-23(31)20(37-25(29)33)11-14-9-17(26)22(34-3)19(10-14)35-5-2/h6-7,9-12H,4-5,8,13H2,1-3H3,(H,28,30)/b20-11+. The van der Waals surface area contributed by atoms with Crippen molar-refractivity contribution in [3.05, 3.63) is 55.9 Å². The Balaban J connectivity index is 1.73. The fourth-order valence-electron chi connectivity index (χ4n) is 3.30. The van der Waals surface area contributed by atoms with E-state index < -0.39 is 29.6 Å². The first-order valence-electron chi connectivity index (χ1n) is 11.2. The van der Waals surface area contributed by atoms with Gasteiger partial charge in [0.05, 0.1) is 40.3 Å². The summed E-state index contributed by atoms with van der Waals surface area (Å²) in [6.07, 6.45) is 2.19. The summed E-state index contributed by atoms with van der Waals surface area (Å²) in [6.45, 7) is 3.83. The molecule has 1 fully saturated rings. The summed E-state index contributed by atoms with van der Waals surface area (Å²) in [5.41, 5.74) is 0.973. The molecule has 37 heavy (non-hydrogen) atoms. The molecule has 12 heteroatoms. The number of thioether (sulfide) groups is 1. The lowest BCUT2D eigenvalue weighted by Crippen LogP contribution is -2.36. The van der Waals surface area contributed by atoms with E-state index in [1.807, 2.05) is 13.8 Å². The maximum atomic E-state index is 12.9. The molecule has 0 aromatic heterocycles. The Morgan fingerprint density at radius 3 is 2.62 bits per heavy atom. The second kappa shape index (κ2) is 13.0. The van der Waals surface area contributed by atoms with Crippen molar-refractivity contribution in [2.75, 3.05) is 32.2 Å². The van der Waals surface area contributed by atoms with Crippen LogP contribution in [0.5, 0.6) is 11.5 Å². The highest BCUT2D eigenvalue weighted by Gasteiger charge is 2.36. The van der Waals surface area contributed by atoms with E-state index in [2.05, 4.69) is 21.2 Å². The average molecular weight is 612 g/mol. The zero-order valence-corrected chi connectivity index (χ0v) is 23.4. The SMILES string of the molecule is CCCOC(=O)c1cc(NC(=O)CN2C(=O)S/C(=C/c3cc(Br)c(OC)c(OCC)c3)C2=O)ccc1Cl. The van der Waals surface area contributed by atoms with Crippen LogP contribution in [0.3, 0.4) is 0 Å². The normalized spacial score (nSPS) is 14.2. The van der Waals surface area contributed by atoms with E-state index in [9.17, 15) is 19.2 Å². The molecule has 0 atom stereocenters. The van der Waals surface area contributed by atoms with Gasteiger partial charge < -0.3 is 19.5 Å². The van der Waals surface area contributed by atoms with Gasteiger partial charge >= 0.3 is 5.97 Å². The Bertz CT molecular complexity index is 1270. The van der Waals surface area contributed by atoms with Crippen LogP contribution in [0.2, 0.25) is 5.02 Å². The van der Waals surface area contributed by atoms with E-state index in [-0.39, 0.29) is 27.8 Å². The predicted octanol–water partition coefficient (Wildman–Crippen LogP) is 5.75. The summed E-state index contributed by atoms with van der Waals surface area (Å²) in [5, 5.41) is 2.17. The maximum Gasteiger partial charge on any atom is 0.339 e. The Kier molecular flexibility index (Phi) is 10.0. The number of imide groups is 1. The number of benzene rings is 2. The largest absolute Gasteiger partial charge is 0.492 e. The first-order valence-corrected chi connectivity index (χ1v) is 13.2. The number of methoxy groups -OCH3 is 1. The van der Waals surface area contributed by atoms with Gasteiger partial charge in [0.1, 0.15) is 6.54 Å². The lowest BCUT2D eigenvalue weighted by atomic mass is 10.2. The number of hydrogen-bond acceptors (Lipinski definition) is 8. The lowest BCUT2D eigenvalue weighted by Gasteiger charge is -2.13. The molecule has 2 aromatic rings. The molecule has 0 unspecified atom stereocenters. The van der Waals surface area contributed by atoms with E-state index in [0.29, 0.717) is 34.6 Å². The Hall–Kier alpha value is -3.02. The molecule has 9 nitrogen and oxygen atoms in total. The van der Waals surface area contributed by atoms with Crippen molar-refractivity contribution in [2.24, 2.45) is 0 Å². The molecule has 1 aliphatic heterocycles. The summed E-state index contributed by atoms with van der Waals surface area (Å²) in [6, 6.07) is 7.75. The molecule has 1 heterocycles. The predicted molar refractivity (Wildman–Crippen MR) is 145 cm³/mol. The smallest absolute Gasteiger partial charge is 0.339 e. The van der Waals surface area contributed by atoms with Gasteiger partial charge in [-0.05, 0) is 83.0 Å². The number of nitrogens with one attached hydrogen (secondary N) is 1. The topological polar surface area (TPSA) is 111 Å². The van der Waals surface area contributed by atoms with Crippen molar-refractivity contribution >= 4 is 74.1 Å². The molecule has 1 aliphatic rings. The van der Waals surface area contributed by atoms with Gasteiger partial charge in [0.25, 0.3) is 11.1 Å². The van der Waals surface area contributed by atoms with Gasteiger partial charge in [0.2, 0.25) is 5.91 Å². The fourth-order valence-corrected chi connectivity index (χ4v) is 4.95. The first kappa shape index (κ1) is 28.5. The summed E-state index contributed by atoms with van der Waals surface area (Å²) in [4.78, 5) is 51.2. The summed E-state index contributed by atoms with van der Waals surface area (Å²) >= 11 is 10.2. The highest BCUT2D eigenvalue weighted by Crippen LogP contribution is 2.39. The number of carbonyl (C=O) groups excluding carboxylic acids is 4. The van der Waals surface area contributed by atoms with E-state index in [1.54, 1.807) is 18.2 Å². The van der Waals surface area contributed by atoms with Crippen molar-refractivity contribution in [3.8, 4) is 11.5 Å². The van der Waals surface area contributed by atoms with Crippen molar-refractivity contribution in [3.63, 3.8) is 0 Å². The van der Waals surface area contributed by atoms with Gasteiger partial charge in [-0.15, -0.1) is 0 Å². The average Bonchev–Trinajstić information content (AvgIpc) is 3.11. The summed E-state index contributed by atoms with van der Waals surface area (Å²) in [5.74, 6) is -0.853. The first-order chi connectivity index (χ1) is 17.7. The van der Waals surface area contributed by atoms with E-state index in [4.69, 9.17) is 25.8 Å². The van der Waals surface area contributed by atoms with E-state index >= 15 is 0 Å². The minimum absolute atomic E-state index is 0.0964. The molecule has 0 radical (unpaired) electrons. The zero-order valence-electron chi connectivity index (χ0n) is 20.3. The molecule has 1 saturated heterocycles. The van der Waals surface area contributed by atoms with Crippen molar-refractivity contribution in [1.82, 2.24) is 4.90 Å². The number of nitrogens with zero attached hydrogens (tertiary/aromatic N) is 1. The highest BCUT2D eigenvalue weighted by atomic mass is 79.9. The van der Waals surface area contributed by atoms with E-state index in [1.165, 1.54) is 25.3 Å². The van der Waals surface area contributed by atoms with Crippen molar-refractivity contribution in [2.45, 2.75) is 20.3 Å². The Labute approximate surface area is 231 Å². The summed E-state index contributed by atoms with van der Waals surface area (Å²) in [7, 11) is 1.52. The van der Waals surface area contributed by atoms with Crippen LogP contribution >= 0.6 is 39.3 Å². The molecule has 0 spiro atoms. The van der Waals surface area contributed by atoms with Crippen LogP contribution in [0, 0.1) is 0 Å². The van der Waals surface area contributed by atoms with Crippen LogP contribution in [0.25, 0.3) is 6.08 Å². The monoisotopic (exact) mass is 610 g/mol. The zero-order chi connectivity index (χ0) is 27.1. The number of halogens is 2. The molecule has 2 aromatic carbocycles. The Morgan fingerprint density at radius 2 is 1.95 bits per heavy atom. The fraction of sp³-hybridized carbons (Fsp3) is 0.280. The third kappa shape index (κ3) is 7.06. The van der Waals surface area contributed by atoms with Crippen LogP contribution < -0.4 is 14.8 Å². The molecule has 3 amide bonds. The van der Waals surface area contributed by atoms with Crippen LogP contribution in [0.4, 0.5) is 10.5 Å². The number of ether oxygens (including phenoxy) is 3. The molecular formula is C25H24BrClN2O7S. The molecule has 0 saturated carbocycles.